The fourth-order valence-electron chi connectivity index (χ4n) is 3.79. The molecule has 1 heterocycles. The first kappa shape index (κ1) is 20.1. The number of quaternary nitrogens is 1. The molecule has 2 aromatic carbocycles. The molecule has 0 amide bonds. The van der Waals surface area contributed by atoms with E-state index in [1.807, 2.05) is 26.0 Å². The summed E-state index contributed by atoms with van der Waals surface area (Å²) in [5, 5.41) is 2.33. The van der Waals surface area contributed by atoms with Gasteiger partial charge < -0.3 is 29.0 Å². The predicted molar refractivity (Wildman–Crippen MR) is 107 cm³/mol. The van der Waals surface area contributed by atoms with Crippen LogP contribution in [0.5, 0.6) is 28.7 Å². The van der Waals surface area contributed by atoms with Crippen molar-refractivity contribution < 1.29 is 29.0 Å². The van der Waals surface area contributed by atoms with Gasteiger partial charge in [-0.15, -0.1) is 0 Å². The van der Waals surface area contributed by atoms with Gasteiger partial charge in [-0.2, -0.15) is 0 Å². The maximum Gasteiger partial charge on any atom is 0.203 e. The highest BCUT2D eigenvalue weighted by molar-refractivity contribution is 5.57. The Kier molecular flexibility index (Phi) is 6.52. The monoisotopic (exact) mass is 388 g/mol. The van der Waals surface area contributed by atoms with Gasteiger partial charge in [0.1, 0.15) is 6.04 Å². The van der Waals surface area contributed by atoms with Gasteiger partial charge in [-0.05, 0) is 43.7 Å². The number of nitrogens with two attached hydrogens (primary N) is 1. The first-order valence-corrected chi connectivity index (χ1v) is 9.72. The Morgan fingerprint density at radius 2 is 1.43 bits per heavy atom. The third-order valence-electron chi connectivity index (χ3n) is 5.00. The summed E-state index contributed by atoms with van der Waals surface area (Å²) in [6.07, 6.45) is 0.989. The van der Waals surface area contributed by atoms with Crippen LogP contribution in [0.1, 0.15) is 36.6 Å². The van der Waals surface area contributed by atoms with Gasteiger partial charge in [0, 0.05) is 17.5 Å². The van der Waals surface area contributed by atoms with Gasteiger partial charge in [0.15, 0.2) is 23.0 Å². The number of fused-ring (bicyclic) bond motifs is 1. The lowest BCUT2D eigenvalue weighted by molar-refractivity contribution is -0.690. The van der Waals surface area contributed by atoms with E-state index in [0.717, 1.165) is 30.0 Å². The molecule has 6 heteroatoms. The Morgan fingerprint density at radius 3 is 1.96 bits per heavy atom. The molecular formula is C22H30NO5+. The molecule has 0 bridgehead atoms. The molecule has 1 aliphatic rings. The van der Waals surface area contributed by atoms with Crippen molar-refractivity contribution in [2.24, 2.45) is 0 Å². The molecule has 2 aromatic rings. The van der Waals surface area contributed by atoms with Crippen molar-refractivity contribution in [3.63, 3.8) is 0 Å². The highest BCUT2D eigenvalue weighted by Gasteiger charge is 2.29. The van der Waals surface area contributed by atoms with E-state index in [0.29, 0.717) is 30.5 Å². The maximum atomic E-state index is 5.86. The number of ether oxygens (including phenoxy) is 5. The third-order valence-corrected chi connectivity index (χ3v) is 5.00. The van der Waals surface area contributed by atoms with Crippen LogP contribution < -0.4 is 29.0 Å². The van der Waals surface area contributed by atoms with Crippen LogP contribution in [0, 0.1) is 0 Å². The zero-order valence-corrected chi connectivity index (χ0v) is 17.3. The van der Waals surface area contributed by atoms with E-state index in [-0.39, 0.29) is 6.04 Å². The third kappa shape index (κ3) is 3.83. The normalized spacial score (nSPS) is 15.5. The molecule has 0 aliphatic carbocycles. The smallest absolute Gasteiger partial charge is 0.203 e. The zero-order valence-electron chi connectivity index (χ0n) is 17.3. The van der Waals surface area contributed by atoms with Crippen molar-refractivity contribution in [1.82, 2.24) is 0 Å². The van der Waals surface area contributed by atoms with Gasteiger partial charge in [0.25, 0.3) is 0 Å². The summed E-state index contributed by atoms with van der Waals surface area (Å²) in [6, 6.07) is 8.41. The Morgan fingerprint density at radius 1 is 0.821 bits per heavy atom. The summed E-state index contributed by atoms with van der Waals surface area (Å²) in [7, 11) is 4.90. The first-order chi connectivity index (χ1) is 13.7. The molecule has 6 nitrogen and oxygen atoms in total. The first-order valence-electron chi connectivity index (χ1n) is 9.72. The molecule has 0 spiro atoms. The standard InChI is InChI=1S/C22H29NO5/c1-6-27-17-10-14-8-9-23-21(16(14)13-18(17)28-7-2)15-11-19(24-3)22(26-5)20(12-15)25-4/h10-13,21,23H,6-9H2,1-5H3/p+1/t21-/m0/s1. The summed E-state index contributed by atoms with van der Waals surface area (Å²) < 4.78 is 28.2. The van der Waals surface area contributed by atoms with Crippen molar-refractivity contribution in [3.8, 4) is 28.7 Å². The lowest BCUT2D eigenvalue weighted by atomic mass is 9.89. The van der Waals surface area contributed by atoms with E-state index in [1.54, 1.807) is 21.3 Å². The summed E-state index contributed by atoms with van der Waals surface area (Å²) in [6.45, 7) is 6.17. The average molecular weight is 388 g/mol. The number of benzene rings is 2. The molecule has 0 saturated carbocycles. The molecule has 152 valence electrons. The van der Waals surface area contributed by atoms with Gasteiger partial charge >= 0.3 is 0 Å². The maximum absolute atomic E-state index is 5.86. The van der Waals surface area contributed by atoms with Gasteiger partial charge in [-0.25, -0.2) is 0 Å². The number of hydrogen-bond acceptors (Lipinski definition) is 5. The van der Waals surface area contributed by atoms with E-state index >= 15 is 0 Å². The SMILES string of the molecule is CCOc1cc2c(cc1OCC)[C@H](c1cc(OC)c(OC)c(OC)c1)[NH2+]CC2. The van der Waals surface area contributed by atoms with E-state index in [2.05, 4.69) is 17.4 Å². The number of hydrogen-bond donors (Lipinski definition) is 1. The summed E-state index contributed by atoms with van der Waals surface area (Å²) >= 11 is 0. The lowest BCUT2D eigenvalue weighted by Crippen LogP contribution is -2.87. The van der Waals surface area contributed by atoms with Crippen molar-refractivity contribution in [3.05, 3.63) is 41.0 Å². The molecule has 1 atom stereocenters. The Labute approximate surface area is 166 Å². The second kappa shape index (κ2) is 9.06. The van der Waals surface area contributed by atoms with Crippen LogP contribution in [0.15, 0.2) is 24.3 Å². The highest BCUT2D eigenvalue weighted by atomic mass is 16.5. The molecule has 2 N–H and O–H groups in total. The van der Waals surface area contributed by atoms with Crippen molar-refractivity contribution in [1.29, 1.82) is 0 Å². The molecule has 0 unspecified atom stereocenters. The van der Waals surface area contributed by atoms with E-state index in [4.69, 9.17) is 23.7 Å². The van der Waals surface area contributed by atoms with Crippen LogP contribution in [0.25, 0.3) is 0 Å². The molecular weight excluding hydrogens is 358 g/mol. The number of rotatable bonds is 8. The van der Waals surface area contributed by atoms with Crippen molar-refractivity contribution >= 4 is 0 Å². The second-order valence-corrected chi connectivity index (χ2v) is 6.57. The van der Waals surface area contributed by atoms with Crippen LogP contribution in [-0.2, 0) is 6.42 Å². The largest absolute Gasteiger partial charge is 0.493 e. The summed E-state index contributed by atoms with van der Waals surface area (Å²) in [5.41, 5.74) is 3.61. The van der Waals surface area contributed by atoms with Crippen LogP contribution in [0.4, 0.5) is 0 Å². The minimum Gasteiger partial charge on any atom is -0.493 e. The molecule has 0 fully saturated rings. The Balaban J connectivity index is 2.10. The van der Waals surface area contributed by atoms with E-state index < -0.39 is 0 Å². The topological polar surface area (TPSA) is 62.8 Å². The van der Waals surface area contributed by atoms with Crippen LogP contribution in [-0.4, -0.2) is 41.1 Å². The predicted octanol–water partition coefficient (Wildman–Crippen LogP) is 2.72. The summed E-state index contributed by atoms with van der Waals surface area (Å²) in [4.78, 5) is 0. The van der Waals surface area contributed by atoms with E-state index in [1.165, 1.54) is 11.1 Å². The van der Waals surface area contributed by atoms with Crippen LogP contribution >= 0.6 is 0 Å². The Bertz CT molecular complexity index is 796. The van der Waals surface area contributed by atoms with Gasteiger partial charge in [0.2, 0.25) is 5.75 Å². The van der Waals surface area contributed by atoms with Crippen molar-refractivity contribution in [2.75, 3.05) is 41.1 Å². The second-order valence-electron chi connectivity index (χ2n) is 6.57. The molecule has 0 aromatic heterocycles. The fourth-order valence-corrected chi connectivity index (χ4v) is 3.79. The van der Waals surface area contributed by atoms with Crippen LogP contribution in [0.3, 0.4) is 0 Å². The molecule has 1 aliphatic heterocycles. The molecule has 0 radical (unpaired) electrons. The average Bonchev–Trinajstić information content (AvgIpc) is 2.73. The molecule has 0 saturated heterocycles. The minimum absolute atomic E-state index is 0.118. The lowest BCUT2D eigenvalue weighted by Gasteiger charge is -2.27. The van der Waals surface area contributed by atoms with Crippen molar-refractivity contribution in [2.45, 2.75) is 26.3 Å². The van der Waals surface area contributed by atoms with Gasteiger partial charge in [0.05, 0.1) is 41.1 Å². The number of methoxy groups -OCH3 is 3. The van der Waals surface area contributed by atoms with E-state index in [9.17, 15) is 0 Å². The molecule has 28 heavy (non-hydrogen) atoms. The summed E-state index contributed by atoms with van der Waals surface area (Å²) in [5.74, 6) is 3.53. The quantitative estimate of drug-likeness (QED) is 0.753. The minimum atomic E-state index is 0.118. The highest BCUT2D eigenvalue weighted by Crippen LogP contribution is 2.42. The fraction of sp³-hybridized carbons (Fsp3) is 0.455. The Hall–Kier alpha value is -2.60. The van der Waals surface area contributed by atoms with Gasteiger partial charge in [-0.1, -0.05) is 0 Å². The van der Waals surface area contributed by atoms with Gasteiger partial charge in [-0.3, -0.25) is 0 Å². The molecule has 3 rings (SSSR count). The zero-order chi connectivity index (χ0) is 20.1. The van der Waals surface area contributed by atoms with Crippen LogP contribution in [0.2, 0.25) is 0 Å².